The maximum Gasteiger partial charge on any atom is 0.330 e. The second kappa shape index (κ2) is 35.7. The SMILES string of the molecule is C=C(Br)c1ccccc1.C=C(C1=CCN(C)CC1)c1ccccc1.C=C(c1ccccc1)C1(O)CCN(C)CC1.C=CC(=O)OCC.CCOC(=O)C1CCC(c2ccccc2)=C2CCN(C)CC21.CN1CCC(=O)CC1.[B]. The van der Waals surface area contributed by atoms with Gasteiger partial charge in [-0.25, -0.2) is 4.79 Å². The molecule has 417 valence electrons. The van der Waals surface area contributed by atoms with Crippen molar-refractivity contribution >= 4 is 63.3 Å². The molecule has 0 aromatic heterocycles. The van der Waals surface area contributed by atoms with Crippen LogP contribution in [0.5, 0.6) is 0 Å². The Hall–Kier alpha value is -5.73. The van der Waals surface area contributed by atoms with Crippen LogP contribution in [0.1, 0.15) is 87.5 Å². The molecule has 12 heteroatoms. The van der Waals surface area contributed by atoms with Gasteiger partial charge < -0.3 is 34.2 Å². The summed E-state index contributed by atoms with van der Waals surface area (Å²) in [6, 6.07) is 41.0. The summed E-state index contributed by atoms with van der Waals surface area (Å²) in [4.78, 5) is 42.1. The summed E-state index contributed by atoms with van der Waals surface area (Å²) < 4.78 is 10.7. The van der Waals surface area contributed by atoms with Crippen molar-refractivity contribution in [2.45, 2.75) is 70.8 Å². The molecule has 3 radical (unpaired) electrons. The number of aliphatic hydroxyl groups is 1. The first kappa shape index (κ1) is 66.6. The number of nitrogens with zero attached hydrogens (tertiary/aromatic N) is 4. The highest BCUT2D eigenvalue weighted by Crippen LogP contribution is 2.44. The van der Waals surface area contributed by atoms with E-state index in [4.69, 9.17) is 4.74 Å². The van der Waals surface area contributed by atoms with Gasteiger partial charge in [0.2, 0.25) is 0 Å². The number of carbonyl (C=O) groups excluding carboxylic acids is 3. The number of hydrogen-bond acceptors (Lipinski definition) is 10. The number of likely N-dealkylation sites (tertiary alicyclic amines) is 3. The normalized spacial score (nSPS) is 19.0. The zero-order valence-electron chi connectivity index (χ0n) is 47.6. The Labute approximate surface area is 479 Å². The van der Waals surface area contributed by atoms with Crippen LogP contribution >= 0.6 is 15.9 Å². The van der Waals surface area contributed by atoms with Crippen LogP contribution in [0.25, 0.3) is 21.2 Å². The summed E-state index contributed by atoms with van der Waals surface area (Å²) in [7, 11) is 8.44. The summed E-state index contributed by atoms with van der Waals surface area (Å²) in [5.41, 5.74) is 10.5. The van der Waals surface area contributed by atoms with Gasteiger partial charge in [0.1, 0.15) is 5.78 Å². The average molecular weight is 1120 g/mol. The van der Waals surface area contributed by atoms with Crippen molar-refractivity contribution in [3.05, 3.63) is 193 Å². The van der Waals surface area contributed by atoms with Crippen molar-refractivity contribution in [3.63, 3.8) is 0 Å². The Morgan fingerprint density at radius 3 is 1.60 bits per heavy atom. The largest absolute Gasteiger partial charge is 0.466 e. The van der Waals surface area contributed by atoms with Crippen LogP contribution in [0.2, 0.25) is 0 Å². The number of allylic oxidation sites excluding steroid dienone is 2. The first-order valence-corrected chi connectivity index (χ1v) is 28.1. The maximum atomic E-state index is 12.3. The molecule has 0 bridgehead atoms. The van der Waals surface area contributed by atoms with Gasteiger partial charge in [0.25, 0.3) is 0 Å². The number of halogens is 1. The third-order valence-corrected chi connectivity index (χ3v) is 15.0. The molecular weight excluding hydrogens is 1040 g/mol. The molecule has 3 fully saturated rings. The summed E-state index contributed by atoms with van der Waals surface area (Å²) in [6.07, 6.45) is 10.6. The Balaban J connectivity index is 0.000000257. The van der Waals surface area contributed by atoms with Gasteiger partial charge in [-0.2, -0.15) is 0 Å². The van der Waals surface area contributed by atoms with Crippen molar-refractivity contribution in [2.75, 3.05) is 93.8 Å². The molecule has 0 saturated carbocycles. The molecule has 10 nitrogen and oxygen atoms in total. The number of ketones is 1. The number of hydrogen-bond donors (Lipinski definition) is 1. The second-order valence-corrected chi connectivity index (χ2v) is 21.2. The molecule has 2 unspecified atom stereocenters. The third-order valence-electron chi connectivity index (χ3n) is 14.5. The Kier molecular flexibility index (Phi) is 30.5. The van der Waals surface area contributed by atoms with Crippen molar-refractivity contribution in [3.8, 4) is 0 Å². The lowest BCUT2D eigenvalue weighted by atomic mass is 9.70. The highest BCUT2D eigenvalue weighted by Gasteiger charge is 2.39. The van der Waals surface area contributed by atoms with Crippen LogP contribution in [-0.2, 0) is 23.9 Å². The van der Waals surface area contributed by atoms with Crippen LogP contribution in [0.4, 0.5) is 0 Å². The molecule has 4 aromatic carbocycles. The van der Waals surface area contributed by atoms with Crippen molar-refractivity contribution < 1.29 is 29.0 Å². The predicted octanol–water partition coefficient (Wildman–Crippen LogP) is 12.2. The van der Waals surface area contributed by atoms with E-state index in [2.05, 4.69) is 148 Å². The van der Waals surface area contributed by atoms with Crippen molar-refractivity contribution in [2.24, 2.45) is 11.8 Å². The minimum atomic E-state index is -0.714. The number of esters is 2. The molecule has 0 spiro atoms. The molecule has 5 aliphatic rings. The zero-order valence-corrected chi connectivity index (χ0v) is 49.2. The molecule has 4 aliphatic heterocycles. The van der Waals surface area contributed by atoms with E-state index in [-0.39, 0.29) is 26.3 Å². The van der Waals surface area contributed by atoms with Gasteiger partial charge in [0.05, 0.1) is 24.7 Å². The lowest BCUT2D eigenvalue weighted by Crippen LogP contribution is -2.43. The van der Waals surface area contributed by atoms with E-state index < -0.39 is 5.60 Å². The van der Waals surface area contributed by atoms with Crippen molar-refractivity contribution in [1.29, 1.82) is 0 Å². The second-order valence-electron chi connectivity index (χ2n) is 20.2. The van der Waals surface area contributed by atoms with Gasteiger partial charge in [-0.3, -0.25) is 9.59 Å². The molecule has 4 aromatic rings. The van der Waals surface area contributed by atoms with E-state index in [1.165, 1.54) is 33.4 Å². The molecule has 78 heavy (non-hydrogen) atoms. The van der Waals surface area contributed by atoms with E-state index in [0.29, 0.717) is 24.9 Å². The van der Waals surface area contributed by atoms with Gasteiger partial charge in [-0.15, -0.1) is 0 Å². The Morgan fingerprint density at radius 2 is 1.14 bits per heavy atom. The third kappa shape index (κ3) is 22.6. The number of carbonyl (C=O) groups is 3. The van der Waals surface area contributed by atoms with E-state index in [9.17, 15) is 19.5 Å². The van der Waals surface area contributed by atoms with Gasteiger partial charge in [0.15, 0.2) is 0 Å². The standard InChI is InChI=1S/C19H25NO2.C14H19NO.C14H17N.C8H7Br.C6H11NO.C5H8O2.B/c1-3-22-19(21)17-10-9-15(14-7-5-4-6-8-14)16-11-12-20(2)13-18(16)17;1-12(13-6-4-3-5-7-13)14(16)8-10-15(2)11-9-14;1-12(13-6-4-3-5-7-13)14-8-10-15(2)11-9-14;1-7(9)8-5-3-2-4-6-8;1-7-4-2-6(8)3-5-7;1-3-5(6)7-4-2;/h4-8,17-18H,3,9-13H2,1-2H3;3-7,16H,1,8-11H2,2H3;3-8H,1,9-11H2,2H3;2-6H,1H2;2-5H2,1H3;3H,1,4H2,2H3;. The van der Waals surface area contributed by atoms with E-state index in [0.717, 1.165) is 131 Å². The zero-order chi connectivity index (χ0) is 56.2. The number of fused-ring (bicyclic) bond motifs is 1. The minimum absolute atomic E-state index is 0. The molecule has 0 amide bonds. The number of rotatable bonds is 10. The summed E-state index contributed by atoms with van der Waals surface area (Å²) in [5.74, 6) is 0.407. The van der Waals surface area contributed by atoms with Crippen LogP contribution in [0.15, 0.2) is 171 Å². The monoisotopic (exact) mass is 1120 g/mol. The maximum absolute atomic E-state index is 12.3. The molecule has 3 saturated heterocycles. The van der Waals surface area contributed by atoms with Crippen molar-refractivity contribution in [1.82, 2.24) is 19.6 Å². The van der Waals surface area contributed by atoms with Gasteiger partial charge >= 0.3 is 11.9 Å². The minimum Gasteiger partial charge on any atom is -0.466 e. The van der Waals surface area contributed by atoms with Gasteiger partial charge in [0, 0.05) is 90.1 Å². The average Bonchev–Trinajstić information content (AvgIpc) is 3.47. The van der Waals surface area contributed by atoms with Gasteiger partial charge in [-0.05, 0) is 125 Å². The summed E-state index contributed by atoms with van der Waals surface area (Å²) in [6.45, 7) is 27.8. The molecule has 9 rings (SSSR count). The fraction of sp³-hybridized carbons (Fsp3) is 0.409. The Bertz CT molecular complexity index is 2540. The lowest BCUT2D eigenvalue weighted by Gasteiger charge is -2.41. The molecule has 2 atom stereocenters. The molecule has 1 aliphatic carbocycles. The summed E-state index contributed by atoms with van der Waals surface area (Å²) in [5, 5.41) is 10.6. The van der Waals surface area contributed by atoms with Gasteiger partial charge in [-0.1, -0.05) is 175 Å². The van der Waals surface area contributed by atoms with Crippen LogP contribution in [0, 0.1) is 11.8 Å². The van der Waals surface area contributed by atoms with Crippen LogP contribution < -0.4 is 0 Å². The molecule has 4 heterocycles. The highest BCUT2D eigenvalue weighted by molar-refractivity contribution is 9.15. The number of ether oxygens (including phenoxy) is 2. The van der Waals surface area contributed by atoms with E-state index in [1.807, 2.05) is 80.7 Å². The predicted molar refractivity (Wildman–Crippen MR) is 330 cm³/mol. The first-order valence-electron chi connectivity index (χ1n) is 27.3. The lowest BCUT2D eigenvalue weighted by molar-refractivity contribution is -0.150. The molecule has 1 N–H and O–H groups in total. The topological polar surface area (TPSA) is 103 Å². The molecular formula is C66H87BBrN4O6. The summed E-state index contributed by atoms with van der Waals surface area (Å²) >= 11 is 3.29. The fourth-order valence-electron chi connectivity index (χ4n) is 9.70. The highest BCUT2D eigenvalue weighted by atomic mass is 79.9. The Morgan fingerprint density at radius 1 is 0.654 bits per heavy atom. The number of benzene rings is 4. The van der Waals surface area contributed by atoms with E-state index >= 15 is 0 Å². The fourth-order valence-corrected chi connectivity index (χ4v) is 9.96. The van der Waals surface area contributed by atoms with E-state index in [1.54, 1.807) is 6.92 Å². The van der Waals surface area contributed by atoms with Crippen LogP contribution in [0.3, 0.4) is 0 Å². The number of piperidine rings is 3. The smallest absolute Gasteiger partial charge is 0.330 e. The number of Topliss-reactive ketones (excluding diaryl/α,β-unsaturated/α-hetero) is 1. The van der Waals surface area contributed by atoms with Crippen LogP contribution in [-0.4, -0.2) is 150 Å². The first-order chi connectivity index (χ1) is 37.0. The number of likely N-dealkylation sites (N-methyl/N-ethyl adjacent to an activating group) is 1. The quantitative estimate of drug-likeness (QED) is 0.0938.